The zero-order valence-electron chi connectivity index (χ0n) is 10.1. The Morgan fingerprint density at radius 3 is 2.82 bits per heavy atom. The highest BCUT2D eigenvalue weighted by Gasteiger charge is 2.39. The van der Waals surface area contributed by atoms with E-state index in [9.17, 15) is 4.79 Å². The van der Waals surface area contributed by atoms with Crippen molar-refractivity contribution in [3.8, 4) is 0 Å². The molecular formula is C12H17ClO3S. The molecule has 0 aromatic rings. The van der Waals surface area contributed by atoms with E-state index in [-0.39, 0.29) is 5.92 Å². The van der Waals surface area contributed by atoms with E-state index in [0.29, 0.717) is 5.92 Å². The number of allylic oxidation sites excluding steroid dienone is 1. The van der Waals surface area contributed by atoms with Gasteiger partial charge in [0.1, 0.15) is 0 Å². The van der Waals surface area contributed by atoms with E-state index in [1.807, 2.05) is 12.3 Å². The summed E-state index contributed by atoms with van der Waals surface area (Å²) in [7, 11) is 0. The molecule has 2 atom stereocenters. The molecule has 1 aliphatic rings. The maximum Gasteiger partial charge on any atom is 0.507 e. The number of carboxylic acid groups (broad SMARTS) is 1. The van der Waals surface area contributed by atoms with Gasteiger partial charge in [-0.1, -0.05) is 31.5 Å². The fraction of sp³-hybridized carbons (Fsp3) is 0.583. The molecule has 0 heterocycles. The van der Waals surface area contributed by atoms with Gasteiger partial charge in [0.2, 0.25) is 5.06 Å². The monoisotopic (exact) mass is 276 g/mol. The Bertz CT molecular complexity index is 352. The molecule has 3 nitrogen and oxygen atoms in total. The lowest BCUT2D eigenvalue weighted by Crippen LogP contribution is -2.36. The Morgan fingerprint density at radius 2 is 2.35 bits per heavy atom. The van der Waals surface area contributed by atoms with Gasteiger partial charge < -0.3 is 9.84 Å². The lowest BCUT2D eigenvalue weighted by atomic mass is 9.88. The summed E-state index contributed by atoms with van der Waals surface area (Å²) in [4.78, 5) is 11.8. The van der Waals surface area contributed by atoms with Crippen LogP contribution in [0.25, 0.3) is 0 Å². The Hall–Kier alpha value is -0.610. The van der Waals surface area contributed by atoms with Gasteiger partial charge >= 0.3 is 6.16 Å². The molecule has 0 spiro atoms. The first kappa shape index (κ1) is 14.5. The van der Waals surface area contributed by atoms with Crippen molar-refractivity contribution in [1.29, 1.82) is 0 Å². The van der Waals surface area contributed by atoms with E-state index in [2.05, 4.69) is 13.8 Å². The van der Waals surface area contributed by atoms with Crippen LogP contribution in [0.3, 0.4) is 0 Å². The molecule has 2 unspecified atom stereocenters. The van der Waals surface area contributed by atoms with Crippen LogP contribution in [0.1, 0.15) is 20.3 Å². The number of hydrogen-bond acceptors (Lipinski definition) is 3. The second kappa shape index (κ2) is 5.83. The van der Waals surface area contributed by atoms with Crippen molar-refractivity contribution in [2.75, 3.05) is 6.26 Å². The number of thioether (sulfide) groups is 1. The third-order valence-electron chi connectivity index (χ3n) is 2.55. The lowest BCUT2D eigenvalue weighted by Gasteiger charge is -2.33. The molecule has 1 rings (SSSR count). The molecule has 17 heavy (non-hydrogen) atoms. The molecule has 0 amide bonds. The van der Waals surface area contributed by atoms with Gasteiger partial charge in [-0.2, -0.15) is 0 Å². The number of hydrogen-bond donors (Lipinski definition) is 1. The second-order valence-electron chi connectivity index (χ2n) is 4.41. The molecule has 0 aliphatic heterocycles. The number of ether oxygens (including phenoxy) is 1. The summed E-state index contributed by atoms with van der Waals surface area (Å²) >= 11 is 7.87. The van der Waals surface area contributed by atoms with Gasteiger partial charge in [-0.15, -0.1) is 11.8 Å². The van der Waals surface area contributed by atoms with Crippen LogP contribution in [-0.2, 0) is 4.74 Å². The predicted octanol–water partition coefficient (Wildman–Crippen LogP) is 4.10. The molecule has 0 fully saturated rings. The summed E-state index contributed by atoms with van der Waals surface area (Å²) in [5.41, 5.74) is 0. The zero-order valence-corrected chi connectivity index (χ0v) is 11.7. The maximum atomic E-state index is 10.7. The van der Waals surface area contributed by atoms with Crippen molar-refractivity contribution in [3.05, 3.63) is 23.1 Å². The molecule has 0 bridgehead atoms. The summed E-state index contributed by atoms with van der Waals surface area (Å²) in [6, 6.07) is 0. The van der Waals surface area contributed by atoms with E-state index in [0.717, 1.165) is 11.3 Å². The minimum Gasteiger partial charge on any atom is -0.450 e. The Balaban J connectivity index is 2.92. The van der Waals surface area contributed by atoms with Gasteiger partial charge in [-0.05, 0) is 30.7 Å². The van der Waals surface area contributed by atoms with Crippen LogP contribution in [0.4, 0.5) is 4.79 Å². The van der Waals surface area contributed by atoms with Crippen molar-refractivity contribution in [2.24, 2.45) is 11.8 Å². The summed E-state index contributed by atoms with van der Waals surface area (Å²) in [6.07, 6.45) is 6.83. The number of rotatable bonds is 4. The molecule has 0 saturated carbocycles. The van der Waals surface area contributed by atoms with Crippen LogP contribution < -0.4 is 0 Å². The highest BCUT2D eigenvalue weighted by atomic mass is 35.5. The van der Waals surface area contributed by atoms with E-state index in [1.54, 1.807) is 23.9 Å². The van der Waals surface area contributed by atoms with Gasteiger partial charge in [-0.25, -0.2) is 4.79 Å². The van der Waals surface area contributed by atoms with Crippen molar-refractivity contribution in [2.45, 2.75) is 25.3 Å². The molecule has 0 aromatic heterocycles. The summed E-state index contributed by atoms with van der Waals surface area (Å²) in [5.74, 6) is 0.286. The van der Waals surface area contributed by atoms with Gasteiger partial charge in [0.05, 0.1) is 0 Å². The van der Waals surface area contributed by atoms with Crippen LogP contribution in [-0.4, -0.2) is 22.6 Å². The first-order chi connectivity index (χ1) is 7.87. The highest BCUT2D eigenvalue weighted by Crippen LogP contribution is 2.40. The Morgan fingerprint density at radius 1 is 1.71 bits per heavy atom. The number of carbonyl (C=O) groups is 1. The smallest absolute Gasteiger partial charge is 0.450 e. The molecule has 1 aliphatic carbocycles. The van der Waals surface area contributed by atoms with Gasteiger partial charge in [0, 0.05) is 10.8 Å². The maximum absolute atomic E-state index is 10.7. The fourth-order valence-electron chi connectivity index (χ4n) is 1.80. The number of halogens is 1. The summed E-state index contributed by atoms with van der Waals surface area (Å²) in [6.45, 7) is 4.14. The Labute approximate surface area is 111 Å². The van der Waals surface area contributed by atoms with Crippen LogP contribution in [0, 0.1) is 11.8 Å². The van der Waals surface area contributed by atoms with Gasteiger partial charge in [0.15, 0.2) is 0 Å². The largest absolute Gasteiger partial charge is 0.507 e. The van der Waals surface area contributed by atoms with Crippen LogP contribution in [0.15, 0.2) is 23.1 Å². The topological polar surface area (TPSA) is 46.5 Å². The quantitative estimate of drug-likeness (QED) is 0.620. The average Bonchev–Trinajstić information content (AvgIpc) is 2.19. The zero-order chi connectivity index (χ0) is 13.1. The van der Waals surface area contributed by atoms with Crippen molar-refractivity contribution in [3.63, 3.8) is 0 Å². The normalized spacial score (nSPS) is 28.1. The first-order valence-electron chi connectivity index (χ1n) is 5.43. The average molecular weight is 277 g/mol. The minimum atomic E-state index is -1.35. The molecule has 0 aromatic carbocycles. The molecule has 1 N–H and O–H groups in total. The highest BCUT2D eigenvalue weighted by molar-refractivity contribution is 8.02. The van der Waals surface area contributed by atoms with E-state index >= 15 is 0 Å². The van der Waals surface area contributed by atoms with Crippen LogP contribution in [0.5, 0.6) is 0 Å². The predicted molar refractivity (Wildman–Crippen MR) is 71.4 cm³/mol. The van der Waals surface area contributed by atoms with E-state index in [4.69, 9.17) is 21.4 Å². The van der Waals surface area contributed by atoms with Crippen LogP contribution >= 0.6 is 23.4 Å². The minimum absolute atomic E-state index is 0.132. The molecule has 0 radical (unpaired) electrons. The summed E-state index contributed by atoms with van der Waals surface area (Å²) in [5, 5.41) is 7.47. The van der Waals surface area contributed by atoms with Gasteiger partial charge in [0.25, 0.3) is 0 Å². The second-order valence-corrected chi connectivity index (χ2v) is 5.88. The first-order valence-corrected chi connectivity index (χ1v) is 7.03. The van der Waals surface area contributed by atoms with Crippen molar-refractivity contribution >= 4 is 29.5 Å². The third-order valence-corrected chi connectivity index (χ3v) is 3.78. The fourth-order valence-corrected chi connectivity index (χ4v) is 2.59. The van der Waals surface area contributed by atoms with E-state index in [1.165, 1.54) is 0 Å². The van der Waals surface area contributed by atoms with Crippen LogP contribution in [0.2, 0.25) is 0 Å². The van der Waals surface area contributed by atoms with Gasteiger partial charge in [-0.3, -0.25) is 0 Å². The van der Waals surface area contributed by atoms with E-state index < -0.39 is 11.2 Å². The Kier molecular flexibility index (Phi) is 4.95. The molecule has 96 valence electrons. The van der Waals surface area contributed by atoms with Crippen molar-refractivity contribution < 1.29 is 14.6 Å². The lowest BCUT2D eigenvalue weighted by molar-refractivity contribution is 0.0291. The summed E-state index contributed by atoms with van der Waals surface area (Å²) < 4.78 is 4.83. The third kappa shape index (κ3) is 3.96. The van der Waals surface area contributed by atoms with Crippen molar-refractivity contribution in [1.82, 2.24) is 0 Å². The molecule has 5 heteroatoms. The SMILES string of the molecule is CSC1=CC(CC(C)C)C(Cl)(OC(=O)O)C=C1. The molecular weight excluding hydrogens is 260 g/mol. The standard InChI is InChI=1S/C12H17ClO3S/c1-8(2)6-9-7-10(17-3)4-5-12(9,13)16-11(14)15/h4-5,7-9H,6H2,1-3H3,(H,14,15). The molecule has 0 saturated heterocycles. The number of alkyl halides is 1.